The maximum Gasteiger partial charge on any atom is 0 e. The number of hydrogen-bond donors (Lipinski definition) is 0. The molecule has 0 heterocycles. The van der Waals surface area contributed by atoms with Gasteiger partial charge in [0.05, 0.1) is 0 Å². The van der Waals surface area contributed by atoms with Gasteiger partial charge in [-0.25, -0.2) is 0 Å². The van der Waals surface area contributed by atoms with Gasteiger partial charge in [0.1, 0.15) is 0 Å². The average Bonchev–Trinajstić information content (AvgIpc) is 2.03. The molecule has 0 amide bonds. The summed E-state index contributed by atoms with van der Waals surface area (Å²) in [7, 11) is 0. The van der Waals surface area contributed by atoms with Gasteiger partial charge in [0.2, 0.25) is 0 Å². The van der Waals surface area contributed by atoms with Crippen LogP contribution in [0.5, 0.6) is 0 Å². The van der Waals surface area contributed by atoms with Gasteiger partial charge in [-0.3, -0.25) is 25.5 Å². The Bertz CT molecular complexity index is 12.5. The van der Waals surface area contributed by atoms with Gasteiger partial charge in [0.15, 0.2) is 0 Å². The average molecular weight is 261 g/mol. The molecule has 9 heavy (non-hydrogen) atoms. The second-order valence-corrected chi connectivity index (χ2v) is 0. The van der Waals surface area contributed by atoms with Gasteiger partial charge in [0, 0.05) is 17.1 Å². The summed E-state index contributed by atoms with van der Waals surface area (Å²) in [6, 6.07) is 0. The van der Waals surface area contributed by atoms with E-state index in [0.717, 1.165) is 0 Å². The molecule has 0 unspecified atom stereocenters. The normalized spacial score (nSPS) is 2.67. The molecule has 0 aromatic rings. The van der Waals surface area contributed by atoms with Crippen molar-refractivity contribution in [1.82, 2.24) is 0 Å². The smallest absolute Gasteiger partial charge is 0 e. The van der Waals surface area contributed by atoms with Crippen LogP contribution in [0.25, 0.3) is 0 Å². The fourth-order valence-corrected chi connectivity index (χ4v) is 0. The van der Waals surface area contributed by atoms with Crippen molar-refractivity contribution in [3.8, 4) is 0 Å². The zero-order valence-corrected chi connectivity index (χ0v) is 8.61. The third kappa shape index (κ3) is 202. The molecule has 0 bridgehead atoms. The Morgan fingerprint density at radius 2 is 0.444 bits per heavy atom. The molecule has 0 saturated carbocycles. The molecule has 1 radical (unpaired) electrons. The molecule has 0 aliphatic heterocycles. The van der Waals surface area contributed by atoms with E-state index in [1.165, 1.54) is 0 Å². The van der Waals surface area contributed by atoms with Crippen molar-refractivity contribution in [3.63, 3.8) is 0 Å². The molecule has 0 aromatic carbocycles. The number of halogens is 4. The molecule has 0 saturated heterocycles. The summed E-state index contributed by atoms with van der Waals surface area (Å²) >= 11 is 17.6. The molecule has 0 nitrogen and oxygen atoms in total. The van der Waals surface area contributed by atoms with Crippen LogP contribution in [0, 0.1) is 25.5 Å². The maximum atomic E-state index is 4.39. The van der Waals surface area contributed by atoms with E-state index in [2.05, 4.69) is 71.9 Å². The minimum atomic E-state index is 0. The van der Waals surface area contributed by atoms with Crippen molar-refractivity contribution in [2.75, 3.05) is 0 Å². The molecule has 0 aliphatic rings. The Labute approximate surface area is 88.7 Å². The van der Waals surface area contributed by atoms with Gasteiger partial charge >= 0.3 is 0 Å². The number of hydrogen-bond acceptors (Lipinski definition) is 0. The Hall–Kier alpha value is 1.68. The van der Waals surface area contributed by atoms with Gasteiger partial charge < -0.3 is 46.4 Å². The fraction of sp³-hybridized carbons (Fsp3) is 0. The van der Waals surface area contributed by atoms with Gasteiger partial charge in [-0.15, -0.1) is 0 Å². The standard InChI is InChI=1S/4CH2Cl.Cu/c4*1-2;/h4*1H2;/q4*-1;. The van der Waals surface area contributed by atoms with Crippen LogP contribution < -0.4 is 0 Å². The molecule has 0 rings (SSSR count). The van der Waals surface area contributed by atoms with Crippen LogP contribution in [0.3, 0.4) is 0 Å². The first kappa shape index (κ1) is 31.0. The first-order chi connectivity index (χ1) is 4.00. The van der Waals surface area contributed by atoms with Crippen molar-refractivity contribution in [2.24, 2.45) is 0 Å². The van der Waals surface area contributed by atoms with Gasteiger partial charge in [-0.1, -0.05) is 0 Å². The molecular formula is C4H8Cl4Cu-4. The minimum absolute atomic E-state index is 0. The van der Waals surface area contributed by atoms with E-state index in [9.17, 15) is 0 Å². The molecule has 0 fully saturated rings. The van der Waals surface area contributed by atoms with Crippen LogP contribution in [-0.4, -0.2) is 0 Å². The molecule has 5 heteroatoms. The van der Waals surface area contributed by atoms with E-state index in [4.69, 9.17) is 0 Å². The van der Waals surface area contributed by atoms with Crippen LogP contribution >= 0.6 is 46.4 Å². The SMILES string of the molecule is [CH2-]Cl.[CH2-]Cl.[CH2-]Cl.[CH2-]Cl.[Cu]. The second-order valence-electron chi connectivity index (χ2n) is 0. The van der Waals surface area contributed by atoms with Gasteiger partial charge in [0.25, 0.3) is 0 Å². The Morgan fingerprint density at radius 3 is 0.444 bits per heavy atom. The van der Waals surface area contributed by atoms with E-state index >= 15 is 0 Å². The van der Waals surface area contributed by atoms with Crippen molar-refractivity contribution in [2.45, 2.75) is 0 Å². The first-order valence-electron chi connectivity index (χ1n) is 1.07. The van der Waals surface area contributed by atoms with E-state index in [-0.39, 0.29) is 17.1 Å². The van der Waals surface area contributed by atoms with E-state index in [1.54, 1.807) is 0 Å². The van der Waals surface area contributed by atoms with Crippen molar-refractivity contribution < 1.29 is 17.1 Å². The predicted octanol–water partition coefficient (Wildman–Crippen LogP) is 4.06. The summed E-state index contributed by atoms with van der Waals surface area (Å²) in [4.78, 5) is 0. The Balaban J connectivity index is -0.00000000762. The summed E-state index contributed by atoms with van der Waals surface area (Å²) < 4.78 is 0. The van der Waals surface area contributed by atoms with E-state index in [1.807, 2.05) is 0 Å². The van der Waals surface area contributed by atoms with Crippen LogP contribution in [0.1, 0.15) is 0 Å². The molecule has 67 valence electrons. The summed E-state index contributed by atoms with van der Waals surface area (Å²) in [6.07, 6.45) is 10.9. The van der Waals surface area contributed by atoms with Crippen molar-refractivity contribution in [3.05, 3.63) is 25.5 Å². The summed E-state index contributed by atoms with van der Waals surface area (Å²) in [6.45, 7) is 0. The quantitative estimate of drug-likeness (QED) is 0.455. The van der Waals surface area contributed by atoms with Crippen LogP contribution in [0.15, 0.2) is 0 Å². The Morgan fingerprint density at radius 1 is 0.444 bits per heavy atom. The van der Waals surface area contributed by atoms with E-state index in [0.29, 0.717) is 0 Å². The maximum absolute atomic E-state index is 4.39. The van der Waals surface area contributed by atoms with Crippen molar-refractivity contribution >= 4 is 46.4 Å². The third-order valence-electron chi connectivity index (χ3n) is 0. The largest absolute Gasteiger partial charge is 0.352 e. The molecule has 0 aromatic heterocycles. The summed E-state index contributed by atoms with van der Waals surface area (Å²) in [5.41, 5.74) is 0. The van der Waals surface area contributed by atoms with Crippen LogP contribution in [0.2, 0.25) is 0 Å². The van der Waals surface area contributed by atoms with Crippen LogP contribution in [0.4, 0.5) is 0 Å². The summed E-state index contributed by atoms with van der Waals surface area (Å²) in [5, 5.41) is 0. The molecule has 0 aliphatic carbocycles. The van der Waals surface area contributed by atoms with Crippen molar-refractivity contribution in [1.29, 1.82) is 0 Å². The van der Waals surface area contributed by atoms with Gasteiger partial charge in [-0.05, 0) is 0 Å². The zero-order chi connectivity index (χ0) is 8.00. The zero-order valence-electron chi connectivity index (χ0n) is 4.64. The predicted molar refractivity (Wildman–Crippen MR) is 44.8 cm³/mol. The first-order valence-corrected chi connectivity index (χ1v) is 3.21. The van der Waals surface area contributed by atoms with Gasteiger partial charge in [-0.2, -0.15) is 0 Å². The summed E-state index contributed by atoms with van der Waals surface area (Å²) in [5.74, 6) is 0. The minimum Gasteiger partial charge on any atom is -0.352 e. The van der Waals surface area contributed by atoms with Crippen LogP contribution in [-0.2, 0) is 17.1 Å². The topological polar surface area (TPSA) is 0 Å². The Kier molecular flexibility index (Phi) is 891. The molecule has 0 atom stereocenters. The number of rotatable bonds is 0. The fourth-order valence-electron chi connectivity index (χ4n) is 0. The van der Waals surface area contributed by atoms with E-state index < -0.39 is 0 Å². The third-order valence-corrected chi connectivity index (χ3v) is 0. The molecule has 0 spiro atoms. The molecular weight excluding hydrogens is 253 g/mol. The molecule has 0 N–H and O–H groups in total. The second kappa shape index (κ2) is 259. The monoisotopic (exact) mass is 259 g/mol.